The van der Waals surface area contributed by atoms with Crippen molar-refractivity contribution in [3.63, 3.8) is 0 Å². The summed E-state index contributed by atoms with van der Waals surface area (Å²) in [4.78, 5) is 11.4. The first-order chi connectivity index (χ1) is 9.28. The number of carbonyl (C=O) groups is 1. The minimum atomic E-state index is -0.159. The zero-order chi connectivity index (χ0) is 13.5. The summed E-state index contributed by atoms with van der Waals surface area (Å²) in [7, 11) is 0. The molecule has 1 aromatic carbocycles. The van der Waals surface area contributed by atoms with E-state index in [2.05, 4.69) is 25.9 Å². The molecule has 19 heavy (non-hydrogen) atoms. The van der Waals surface area contributed by atoms with Gasteiger partial charge in [0.2, 0.25) is 5.91 Å². The molecule has 0 aliphatic rings. The minimum absolute atomic E-state index is 0.0705. The number of carbonyl (C=O) groups excluding carboxylic acids is 1. The maximum absolute atomic E-state index is 11.4. The number of hydrogen-bond donors (Lipinski definition) is 2. The number of nitrogens with one attached hydrogen (secondary N) is 2. The number of aromatic amines is 1. The van der Waals surface area contributed by atoms with Crippen LogP contribution >= 0.6 is 0 Å². The van der Waals surface area contributed by atoms with Crippen molar-refractivity contribution in [3.05, 3.63) is 35.7 Å². The summed E-state index contributed by atoms with van der Waals surface area (Å²) in [6.07, 6.45) is 0.601. The molecule has 0 unspecified atom stereocenters. The molecule has 7 nitrogen and oxygen atoms in total. The Morgan fingerprint density at radius 2 is 2.16 bits per heavy atom. The van der Waals surface area contributed by atoms with E-state index in [9.17, 15) is 4.79 Å². The van der Waals surface area contributed by atoms with Crippen LogP contribution in [0.5, 0.6) is 0 Å². The Bertz CT molecular complexity index is 509. The van der Waals surface area contributed by atoms with E-state index in [1.54, 1.807) is 0 Å². The van der Waals surface area contributed by atoms with E-state index in [1.165, 1.54) is 0 Å². The lowest BCUT2D eigenvalue weighted by Gasteiger charge is -2.05. The molecule has 2 aromatic rings. The van der Waals surface area contributed by atoms with Crippen LogP contribution in [-0.2, 0) is 16.0 Å². The van der Waals surface area contributed by atoms with Gasteiger partial charge in [0.25, 0.3) is 0 Å². The van der Waals surface area contributed by atoms with Gasteiger partial charge in [-0.05, 0) is 24.6 Å². The number of aromatic nitrogens is 4. The lowest BCUT2D eigenvalue weighted by Crippen LogP contribution is -2.18. The predicted octanol–water partition coefficient (Wildman–Crippen LogP) is 0.765. The number of ether oxygens (including phenoxy) is 1. The quantitative estimate of drug-likeness (QED) is 0.801. The van der Waals surface area contributed by atoms with E-state index < -0.39 is 0 Å². The van der Waals surface area contributed by atoms with Crippen LogP contribution in [0.4, 0.5) is 5.69 Å². The van der Waals surface area contributed by atoms with Crippen LogP contribution in [-0.4, -0.2) is 39.7 Å². The second-order valence-corrected chi connectivity index (χ2v) is 3.89. The predicted molar refractivity (Wildman–Crippen MR) is 68.5 cm³/mol. The van der Waals surface area contributed by atoms with Crippen LogP contribution in [0, 0.1) is 0 Å². The van der Waals surface area contributed by atoms with Crippen molar-refractivity contribution in [2.24, 2.45) is 0 Å². The highest BCUT2D eigenvalue weighted by Gasteiger charge is 2.03. The zero-order valence-electron chi connectivity index (χ0n) is 10.6. The Balaban J connectivity index is 1.89. The number of amides is 1. The van der Waals surface area contributed by atoms with Crippen molar-refractivity contribution >= 4 is 11.6 Å². The van der Waals surface area contributed by atoms with Gasteiger partial charge < -0.3 is 10.1 Å². The molecule has 0 bridgehead atoms. The third-order valence-electron chi connectivity index (χ3n) is 2.43. The van der Waals surface area contributed by atoms with Crippen molar-refractivity contribution in [1.29, 1.82) is 0 Å². The smallest absolute Gasteiger partial charge is 0.250 e. The molecule has 1 aromatic heterocycles. The van der Waals surface area contributed by atoms with Crippen LogP contribution in [0.3, 0.4) is 0 Å². The lowest BCUT2D eigenvalue weighted by molar-refractivity contribution is -0.120. The molecule has 100 valence electrons. The van der Waals surface area contributed by atoms with Gasteiger partial charge in [-0.25, -0.2) is 0 Å². The average molecular weight is 261 g/mol. The van der Waals surface area contributed by atoms with Crippen LogP contribution in [0.15, 0.2) is 24.3 Å². The second kappa shape index (κ2) is 6.60. The molecular formula is C12H15N5O2. The molecule has 0 aliphatic carbocycles. The number of benzene rings is 1. The molecule has 0 radical (unpaired) electrons. The SMILES string of the molecule is CCOCC(=O)Nc1ccc(Cc2nn[nH]n2)cc1. The number of nitrogens with zero attached hydrogens (tertiary/aromatic N) is 3. The van der Waals surface area contributed by atoms with Crippen molar-refractivity contribution in [2.45, 2.75) is 13.3 Å². The Kier molecular flexibility index (Phi) is 4.57. The minimum Gasteiger partial charge on any atom is -0.372 e. The van der Waals surface area contributed by atoms with Crippen molar-refractivity contribution in [3.8, 4) is 0 Å². The fourth-order valence-corrected chi connectivity index (χ4v) is 1.54. The second-order valence-electron chi connectivity index (χ2n) is 3.89. The fraction of sp³-hybridized carbons (Fsp3) is 0.333. The van der Waals surface area contributed by atoms with Gasteiger partial charge in [0.1, 0.15) is 6.61 Å². The molecule has 0 saturated heterocycles. The van der Waals surface area contributed by atoms with Crippen LogP contribution in [0.25, 0.3) is 0 Å². The summed E-state index contributed by atoms with van der Waals surface area (Å²) in [6, 6.07) is 7.48. The van der Waals surface area contributed by atoms with Gasteiger partial charge in [-0.1, -0.05) is 17.3 Å². The molecule has 2 N–H and O–H groups in total. The summed E-state index contributed by atoms with van der Waals surface area (Å²) in [6.45, 7) is 2.44. The monoisotopic (exact) mass is 261 g/mol. The fourth-order valence-electron chi connectivity index (χ4n) is 1.54. The number of rotatable bonds is 6. The van der Waals surface area contributed by atoms with E-state index in [0.29, 0.717) is 18.9 Å². The third-order valence-corrected chi connectivity index (χ3v) is 2.43. The summed E-state index contributed by atoms with van der Waals surface area (Å²) < 4.78 is 5.02. The molecule has 1 heterocycles. The zero-order valence-corrected chi connectivity index (χ0v) is 10.6. The number of H-pyrrole nitrogens is 1. The van der Waals surface area contributed by atoms with Gasteiger partial charge in [-0.15, -0.1) is 10.2 Å². The first kappa shape index (κ1) is 13.2. The summed E-state index contributed by atoms with van der Waals surface area (Å²) in [5, 5.41) is 16.4. The summed E-state index contributed by atoms with van der Waals surface area (Å²) in [5.74, 6) is 0.473. The van der Waals surface area contributed by atoms with Crippen LogP contribution in [0.2, 0.25) is 0 Å². The van der Waals surface area contributed by atoms with E-state index in [1.807, 2.05) is 31.2 Å². The Hall–Kier alpha value is -2.28. The molecule has 2 rings (SSSR count). The number of hydrogen-bond acceptors (Lipinski definition) is 5. The van der Waals surface area contributed by atoms with Crippen molar-refractivity contribution < 1.29 is 9.53 Å². The molecule has 0 fully saturated rings. The van der Waals surface area contributed by atoms with Gasteiger partial charge in [0.15, 0.2) is 5.82 Å². The molecular weight excluding hydrogens is 246 g/mol. The average Bonchev–Trinajstić information content (AvgIpc) is 2.91. The first-order valence-electron chi connectivity index (χ1n) is 5.97. The molecule has 0 aliphatic heterocycles. The highest BCUT2D eigenvalue weighted by Crippen LogP contribution is 2.11. The Morgan fingerprint density at radius 1 is 1.37 bits per heavy atom. The summed E-state index contributed by atoms with van der Waals surface area (Å²) in [5.41, 5.74) is 1.78. The maximum Gasteiger partial charge on any atom is 0.250 e. The van der Waals surface area contributed by atoms with E-state index in [0.717, 1.165) is 11.3 Å². The van der Waals surface area contributed by atoms with Gasteiger partial charge in [-0.2, -0.15) is 5.21 Å². The molecule has 0 saturated carbocycles. The van der Waals surface area contributed by atoms with E-state index in [-0.39, 0.29) is 12.5 Å². The third kappa shape index (κ3) is 4.14. The normalized spacial score (nSPS) is 10.4. The molecule has 1 amide bonds. The first-order valence-corrected chi connectivity index (χ1v) is 5.97. The van der Waals surface area contributed by atoms with Gasteiger partial charge in [0, 0.05) is 18.7 Å². The standard InChI is InChI=1S/C12H15N5O2/c1-2-19-8-12(18)13-10-5-3-9(4-6-10)7-11-14-16-17-15-11/h3-6H,2,7-8H2,1H3,(H,13,18)(H,14,15,16,17). The Morgan fingerprint density at radius 3 is 2.79 bits per heavy atom. The van der Waals surface area contributed by atoms with E-state index >= 15 is 0 Å². The van der Waals surface area contributed by atoms with E-state index in [4.69, 9.17) is 4.74 Å². The molecule has 0 atom stereocenters. The van der Waals surface area contributed by atoms with Gasteiger partial charge in [0.05, 0.1) is 0 Å². The van der Waals surface area contributed by atoms with Gasteiger partial charge in [-0.3, -0.25) is 4.79 Å². The maximum atomic E-state index is 11.4. The molecule has 7 heteroatoms. The lowest BCUT2D eigenvalue weighted by atomic mass is 10.1. The molecule has 0 spiro atoms. The van der Waals surface area contributed by atoms with Crippen molar-refractivity contribution in [1.82, 2.24) is 20.6 Å². The number of anilines is 1. The topological polar surface area (TPSA) is 92.8 Å². The Labute approximate surface area is 110 Å². The largest absolute Gasteiger partial charge is 0.372 e. The van der Waals surface area contributed by atoms with Crippen LogP contribution < -0.4 is 5.32 Å². The van der Waals surface area contributed by atoms with Crippen molar-refractivity contribution in [2.75, 3.05) is 18.5 Å². The summed E-state index contributed by atoms with van der Waals surface area (Å²) >= 11 is 0. The highest BCUT2D eigenvalue weighted by atomic mass is 16.5. The highest BCUT2D eigenvalue weighted by molar-refractivity contribution is 5.91. The number of tetrazole rings is 1. The van der Waals surface area contributed by atoms with Gasteiger partial charge >= 0.3 is 0 Å². The van der Waals surface area contributed by atoms with Crippen LogP contribution in [0.1, 0.15) is 18.3 Å².